The summed E-state index contributed by atoms with van der Waals surface area (Å²) in [7, 11) is 0. The van der Waals surface area contributed by atoms with E-state index in [0.717, 1.165) is 5.56 Å². The lowest BCUT2D eigenvalue weighted by atomic mass is 10.2. The van der Waals surface area contributed by atoms with Crippen LogP contribution in [0.4, 0.5) is 10.5 Å². The summed E-state index contributed by atoms with van der Waals surface area (Å²) in [6, 6.07) is 13.6. The van der Waals surface area contributed by atoms with Crippen LogP contribution in [-0.4, -0.2) is 11.1 Å². The number of aromatic hydroxyl groups is 1. The molecule has 0 bridgehead atoms. The molecule has 0 saturated heterocycles. The summed E-state index contributed by atoms with van der Waals surface area (Å²) in [6.45, 7) is 0.411. The van der Waals surface area contributed by atoms with Crippen molar-refractivity contribution >= 4 is 23.3 Å². The Morgan fingerprint density at radius 3 is 2.63 bits per heavy atom. The number of phenolic OH excluding ortho intramolecular Hbond substituents is 1. The van der Waals surface area contributed by atoms with Crippen LogP contribution in [0, 0.1) is 0 Å². The third kappa shape index (κ3) is 3.89. The van der Waals surface area contributed by atoms with Gasteiger partial charge in [0, 0.05) is 11.6 Å². The van der Waals surface area contributed by atoms with Gasteiger partial charge in [-0.1, -0.05) is 41.9 Å². The highest BCUT2D eigenvalue weighted by Gasteiger charge is 2.06. The Hall–Kier alpha value is -2.20. The van der Waals surface area contributed by atoms with Crippen LogP contribution in [0.1, 0.15) is 5.56 Å². The second-order valence-corrected chi connectivity index (χ2v) is 4.39. The molecule has 0 spiro atoms. The van der Waals surface area contributed by atoms with Crippen LogP contribution in [0.25, 0.3) is 0 Å². The smallest absolute Gasteiger partial charge is 0.319 e. The van der Waals surface area contributed by atoms with Crippen molar-refractivity contribution in [2.24, 2.45) is 0 Å². The van der Waals surface area contributed by atoms with Crippen molar-refractivity contribution in [3.05, 3.63) is 59.1 Å². The Bertz CT molecular complexity index is 573. The van der Waals surface area contributed by atoms with E-state index in [1.54, 1.807) is 6.07 Å². The predicted molar refractivity (Wildman–Crippen MR) is 75.4 cm³/mol. The van der Waals surface area contributed by atoms with E-state index < -0.39 is 6.03 Å². The summed E-state index contributed by atoms with van der Waals surface area (Å²) in [5.41, 5.74) is 1.27. The van der Waals surface area contributed by atoms with E-state index in [0.29, 0.717) is 11.6 Å². The molecule has 0 aliphatic rings. The number of phenols is 1. The minimum absolute atomic E-state index is 0.0285. The molecule has 0 atom stereocenters. The van der Waals surface area contributed by atoms with Gasteiger partial charge < -0.3 is 15.7 Å². The van der Waals surface area contributed by atoms with E-state index >= 15 is 0 Å². The van der Waals surface area contributed by atoms with Crippen molar-refractivity contribution in [3.63, 3.8) is 0 Å². The van der Waals surface area contributed by atoms with E-state index in [9.17, 15) is 9.90 Å². The topological polar surface area (TPSA) is 61.4 Å². The van der Waals surface area contributed by atoms with Crippen LogP contribution >= 0.6 is 11.6 Å². The SMILES string of the molecule is O=C(NCc1ccccc1)Nc1cc(Cl)ccc1O. The number of urea groups is 1. The first-order chi connectivity index (χ1) is 9.15. The van der Waals surface area contributed by atoms with E-state index in [1.807, 2.05) is 30.3 Å². The van der Waals surface area contributed by atoms with Crippen molar-refractivity contribution in [2.45, 2.75) is 6.54 Å². The van der Waals surface area contributed by atoms with Gasteiger partial charge in [0.25, 0.3) is 0 Å². The summed E-state index contributed by atoms with van der Waals surface area (Å²) in [5.74, 6) is -0.0285. The summed E-state index contributed by atoms with van der Waals surface area (Å²) in [4.78, 5) is 11.7. The second kappa shape index (κ2) is 6.11. The first-order valence-corrected chi connectivity index (χ1v) is 6.10. The quantitative estimate of drug-likeness (QED) is 0.753. The number of hydrogen-bond acceptors (Lipinski definition) is 2. The van der Waals surface area contributed by atoms with Crippen molar-refractivity contribution in [2.75, 3.05) is 5.32 Å². The molecule has 0 aliphatic carbocycles. The number of halogens is 1. The Kier molecular flexibility index (Phi) is 4.26. The molecule has 0 radical (unpaired) electrons. The summed E-state index contributed by atoms with van der Waals surface area (Å²) in [6.07, 6.45) is 0. The minimum Gasteiger partial charge on any atom is -0.506 e. The average Bonchev–Trinajstić information content (AvgIpc) is 2.42. The number of anilines is 1. The zero-order valence-electron chi connectivity index (χ0n) is 10.1. The highest BCUT2D eigenvalue weighted by Crippen LogP contribution is 2.26. The highest BCUT2D eigenvalue weighted by molar-refractivity contribution is 6.31. The van der Waals surface area contributed by atoms with E-state index in [-0.39, 0.29) is 11.4 Å². The van der Waals surface area contributed by atoms with Gasteiger partial charge in [-0.05, 0) is 23.8 Å². The molecule has 0 fully saturated rings. The molecular weight excluding hydrogens is 264 g/mol. The molecule has 3 N–H and O–H groups in total. The highest BCUT2D eigenvalue weighted by atomic mass is 35.5. The lowest BCUT2D eigenvalue weighted by Gasteiger charge is -2.09. The molecule has 0 aliphatic heterocycles. The first-order valence-electron chi connectivity index (χ1n) is 5.72. The van der Waals surface area contributed by atoms with Crippen LogP contribution in [0.5, 0.6) is 5.75 Å². The molecule has 98 valence electrons. The lowest BCUT2D eigenvalue weighted by Crippen LogP contribution is -2.28. The van der Waals surface area contributed by atoms with Crippen LogP contribution in [0.3, 0.4) is 0 Å². The average molecular weight is 277 g/mol. The van der Waals surface area contributed by atoms with Gasteiger partial charge in [0.1, 0.15) is 5.75 Å². The maximum Gasteiger partial charge on any atom is 0.319 e. The van der Waals surface area contributed by atoms with Crippen LogP contribution in [0.15, 0.2) is 48.5 Å². The van der Waals surface area contributed by atoms with Gasteiger partial charge in [0.05, 0.1) is 5.69 Å². The monoisotopic (exact) mass is 276 g/mol. The van der Waals surface area contributed by atoms with Crippen molar-refractivity contribution in [1.82, 2.24) is 5.32 Å². The maximum atomic E-state index is 11.7. The molecular formula is C14H13ClN2O2. The summed E-state index contributed by atoms with van der Waals surface area (Å²) >= 11 is 5.79. The fourth-order valence-electron chi connectivity index (χ4n) is 1.55. The maximum absolute atomic E-state index is 11.7. The molecule has 4 nitrogen and oxygen atoms in total. The summed E-state index contributed by atoms with van der Waals surface area (Å²) < 4.78 is 0. The standard InChI is InChI=1S/C14H13ClN2O2/c15-11-6-7-13(18)12(8-11)17-14(19)16-9-10-4-2-1-3-5-10/h1-8,18H,9H2,(H2,16,17,19). The Morgan fingerprint density at radius 1 is 1.16 bits per heavy atom. The molecule has 0 heterocycles. The van der Waals surface area contributed by atoms with Gasteiger partial charge in [0.15, 0.2) is 0 Å². The normalized spacial score (nSPS) is 9.95. The lowest BCUT2D eigenvalue weighted by molar-refractivity contribution is 0.251. The van der Waals surface area contributed by atoms with Gasteiger partial charge >= 0.3 is 6.03 Å². The number of rotatable bonds is 3. The fraction of sp³-hybridized carbons (Fsp3) is 0.0714. The number of nitrogens with one attached hydrogen (secondary N) is 2. The molecule has 0 unspecified atom stereocenters. The fourth-order valence-corrected chi connectivity index (χ4v) is 1.73. The van der Waals surface area contributed by atoms with Gasteiger partial charge in [-0.25, -0.2) is 4.79 Å². The molecule has 2 rings (SSSR count). The van der Waals surface area contributed by atoms with E-state index in [4.69, 9.17) is 11.6 Å². The van der Waals surface area contributed by atoms with Gasteiger partial charge in [-0.15, -0.1) is 0 Å². The van der Waals surface area contributed by atoms with Crippen molar-refractivity contribution < 1.29 is 9.90 Å². The third-order valence-electron chi connectivity index (χ3n) is 2.50. The predicted octanol–water partition coefficient (Wildman–Crippen LogP) is 3.37. The van der Waals surface area contributed by atoms with Gasteiger partial charge in [-0.2, -0.15) is 0 Å². The number of hydrogen-bond donors (Lipinski definition) is 3. The molecule has 2 aromatic rings. The Balaban J connectivity index is 1.93. The third-order valence-corrected chi connectivity index (χ3v) is 2.74. The molecule has 19 heavy (non-hydrogen) atoms. The number of carbonyl (C=O) groups is 1. The number of benzene rings is 2. The van der Waals surface area contributed by atoms with E-state index in [2.05, 4.69) is 10.6 Å². The van der Waals surface area contributed by atoms with Gasteiger partial charge in [-0.3, -0.25) is 0 Å². The molecule has 0 saturated carbocycles. The summed E-state index contributed by atoms with van der Waals surface area (Å²) in [5, 5.41) is 15.2. The van der Waals surface area contributed by atoms with Crippen LogP contribution < -0.4 is 10.6 Å². The first kappa shape index (κ1) is 13.2. The Morgan fingerprint density at radius 2 is 1.89 bits per heavy atom. The molecule has 0 aromatic heterocycles. The molecule has 2 amide bonds. The largest absolute Gasteiger partial charge is 0.506 e. The van der Waals surface area contributed by atoms with Crippen LogP contribution in [0.2, 0.25) is 5.02 Å². The number of carbonyl (C=O) groups excluding carboxylic acids is 1. The second-order valence-electron chi connectivity index (χ2n) is 3.95. The van der Waals surface area contributed by atoms with Crippen molar-refractivity contribution in [1.29, 1.82) is 0 Å². The van der Waals surface area contributed by atoms with Crippen molar-refractivity contribution in [3.8, 4) is 5.75 Å². The van der Waals surface area contributed by atoms with E-state index in [1.165, 1.54) is 12.1 Å². The Labute approximate surface area is 116 Å². The molecule has 5 heteroatoms. The number of amides is 2. The molecule has 2 aromatic carbocycles. The van der Waals surface area contributed by atoms with Gasteiger partial charge in [0.2, 0.25) is 0 Å². The zero-order chi connectivity index (χ0) is 13.7. The zero-order valence-corrected chi connectivity index (χ0v) is 10.8. The minimum atomic E-state index is -0.401. The van der Waals surface area contributed by atoms with Crippen LogP contribution in [-0.2, 0) is 6.54 Å².